The molecule has 1 aliphatic heterocycles. The third-order valence-electron chi connectivity index (χ3n) is 3.46. The lowest BCUT2D eigenvalue weighted by atomic mass is 10.1. The van der Waals surface area contributed by atoms with Crippen LogP contribution in [0.25, 0.3) is 0 Å². The largest absolute Gasteiger partial charge is 0.353 e. The van der Waals surface area contributed by atoms with Crippen molar-refractivity contribution in [3.8, 4) is 0 Å². The van der Waals surface area contributed by atoms with E-state index < -0.39 is 0 Å². The molecule has 1 heterocycles. The summed E-state index contributed by atoms with van der Waals surface area (Å²) < 4.78 is 0. The lowest BCUT2D eigenvalue weighted by Gasteiger charge is -2.34. The SMILES string of the molecule is CCC1C(=O)NCCN1C(=O)c1cccc(CSC)c1. The molecule has 108 valence electrons. The third-order valence-corrected chi connectivity index (χ3v) is 4.09. The Bertz CT molecular complexity index is 504. The number of amides is 2. The van der Waals surface area contributed by atoms with Crippen molar-refractivity contribution in [3.63, 3.8) is 0 Å². The van der Waals surface area contributed by atoms with Gasteiger partial charge in [0.25, 0.3) is 5.91 Å². The van der Waals surface area contributed by atoms with Crippen molar-refractivity contribution < 1.29 is 9.59 Å². The van der Waals surface area contributed by atoms with Crippen molar-refractivity contribution >= 4 is 23.6 Å². The Morgan fingerprint density at radius 1 is 1.50 bits per heavy atom. The quantitative estimate of drug-likeness (QED) is 0.922. The molecule has 1 aromatic carbocycles. The number of hydrogen-bond acceptors (Lipinski definition) is 3. The number of benzene rings is 1. The van der Waals surface area contributed by atoms with Crippen LogP contribution in [0.1, 0.15) is 29.3 Å². The molecule has 2 rings (SSSR count). The number of thioether (sulfide) groups is 1. The van der Waals surface area contributed by atoms with Crippen molar-refractivity contribution in [2.45, 2.75) is 25.1 Å². The zero-order valence-corrected chi connectivity index (χ0v) is 12.7. The second-order valence-corrected chi connectivity index (χ2v) is 5.71. The zero-order chi connectivity index (χ0) is 14.5. The van der Waals surface area contributed by atoms with Crippen LogP contribution in [0.5, 0.6) is 0 Å². The van der Waals surface area contributed by atoms with Gasteiger partial charge in [0.05, 0.1) is 0 Å². The molecular formula is C15H20N2O2S. The summed E-state index contributed by atoms with van der Waals surface area (Å²) in [7, 11) is 0. The fourth-order valence-electron chi connectivity index (χ4n) is 2.49. The van der Waals surface area contributed by atoms with Crippen molar-refractivity contribution in [1.82, 2.24) is 10.2 Å². The number of nitrogens with one attached hydrogen (secondary N) is 1. The number of nitrogens with zero attached hydrogens (tertiary/aromatic N) is 1. The number of rotatable bonds is 4. The minimum absolute atomic E-state index is 0.0466. The normalized spacial score (nSPS) is 18.8. The third kappa shape index (κ3) is 3.15. The van der Waals surface area contributed by atoms with E-state index in [1.54, 1.807) is 16.7 Å². The molecule has 0 saturated carbocycles. The molecule has 0 bridgehead atoms. The first-order chi connectivity index (χ1) is 9.67. The summed E-state index contributed by atoms with van der Waals surface area (Å²) in [5.41, 5.74) is 1.81. The minimum atomic E-state index is -0.347. The fraction of sp³-hybridized carbons (Fsp3) is 0.467. The minimum Gasteiger partial charge on any atom is -0.353 e. The average molecular weight is 292 g/mol. The van der Waals surface area contributed by atoms with E-state index in [2.05, 4.69) is 5.32 Å². The van der Waals surface area contributed by atoms with Gasteiger partial charge >= 0.3 is 0 Å². The lowest BCUT2D eigenvalue weighted by molar-refractivity contribution is -0.127. The van der Waals surface area contributed by atoms with Crippen LogP contribution in [-0.2, 0) is 10.5 Å². The maximum Gasteiger partial charge on any atom is 0.254 e. The molecule has 20 heavy (non-hydrogen) atoms. The average Bonchev–Trinajstić information content (AvgIpc) is 2.47. The van der Waals surface area contributed by atoms with Gasteiger partial charge in [-0.1, -0.05) is 19.1 Å². The van der Waals surface area contributed by atoms with Crippen molar-refractivity contribution in [1.29, 1.82) is 0 Å². The van der Waals surface area contributed by atoms with Gasteiger partial charge in [0.1, 0.15) is 6.04 Å². The molecule has 1 saturated heterocycles. The smallest absolute Gasteiger partial charge is 0.254 e. The summed E-state index contributed by atoms with van der Waals surface area (Å²) in [6.45, 7) is 3.04. The highest BCUT2D eigenvalue weighted by atomic mass is 32.2. The first kappa shape index (κ1) is 14.9. The molecule has 4 nitrogen and oxygen atoms in total. The number of carbonyl (C=O) groups excluding carboxylic acids is 2. The Balaban J connectivity index is 2.21. The number of piperazine rings is 1. The molecule has 0 aliphatic carbocycles. The Labute approximate surface area is 123 Å². The Hall–Kier alpha value is -1.49. The highest BCUT2D eigenvalue weighted by molar-refractivity contribution is 7.97. The molecular weight excluding hydrogens is 272 g/mol. The van der Waals surface area contributed by atoms with Crippen molar-refractivity contribution in [3.05, 3.63) is 35.4 Å². The molecule has 1 atom stereocenters. The van der Waals surface area contributed by atoms with E-state index in [0.29, 0.717) is 25.1 Å². The molecule has 1 unspecified atom stereocenters. The second kappa shape index (κ2) is 6.79. The standard InChI is InChI=1S/C15H20N2O2S/c1-3-13-14(18)16-7-8-17(13)15(19)12-6-4-5-11(9-12)10-20-2/h4-6,9,13H,3,7-8,10H2,1-2H3,(H,16,18). The van der Waals surface area contributed by atoms with Gasteiger partial charge in [-0.15, -0.1) is 0 Å². The van der Waals surface area contributed by atoms with Gasteiger partial charge < -0.3 is 10.2 Å². The molecule has 2 amide bonds. The molecule has 0 spiro atoms. The zero-order valence-electron chi connectivity index (χ0n) is 11.9. The summed E-state index contributed by atoms with van der Waals surface area (Å²) in [6.07, 6.45) is 2.68. The second-order valence-electron chi connectivity index (χ2n) is 4.85. The topological polar surface area (TPSA) is 49.4 Å². The summed E-state index contributed by atoms with van der Waals surface area (Å²) in [5.74, 6) is 0.792. The summed E-state index contributed by atoms with van der Waals surface area (Å²) in [4.78, 5) is 26.1. The van der Waals surface area contributed by atoms with Crippen LogP contribution in [0.3, 0.4) is 0 Å². The maximum atomic E-state index is 12.6. The van der Waals surface area contributed by atoms with Crippen LogP contribution in [0.15, 0.2) is 24.3 Å². The van der Waals surface area contributed by atoms with E-state index >= 15 is 0 Å². The lowest BCUT2D eigenvalue weighted by Crippen LogP contribution is -2.56. The van der Waals surface area contributed by atoms with Crippen LogP contribution in [0, 0.1) is 0 Å². The summed E-state index contributed by atoms with van der Waals surface area (Å²) in [6, 6.07) is 7.33. The van der Waals surface area contributed by atoms with Crippen LogP contribution < -0.4 is 5.32 Å². The number of hydrogen-bond donors (Lipinski definition) is 1. The highest BCUT2D eigenvalue weighted by Crippen LogP contribution is 2.16. The molecule has 0 aromatic heterocycles. The van der Waals surface area contributed by atoms with E-state index in [-0.39, 0.29) is 17.9 Å². The van der Waals surface area contributed by atoms with Crippen LogP contribution in [-0.4, -0.2) is 42.1 Å². The molecule has 1 aromatic rings. The van der Waals surface area contributed by atoms with Crippen molar-refractivity contribution in [2.75, 3.05) is 19.3 Å². The van der Waals surface area contributed by atoms with E-state index in [1.807, 2.05) is 37.4 Å². The van der Waals surface area contributed by atoms with Gasteiger partial charge in [-0.2, -0.15) is 11.8 Å². The molecule has 1 N–H and O–H groups in total. The van der Waals surface area contributed by atoms with Gasteiger partial charge in [0.15, 0.2) is 0 Å². The fourth-order valence-corrected chi connectivity index (χ4v) is 3.00. The van der Waals surface area contributed by atoms with E-state index in [9.17, 15) is 9.59 Å². The Morgan fingerprint density at radius 3 is 3.00 bits per heavy atom. The van der Waals surface area contributed by atoms with Gasteiger partial charge in [-0.05, 0) is 30.4 Å². The molecule has 0 radical (unpaired) electrons. The number of carbonyl (C=O) groups is 2. The van der Waals surface area contributed by atoms with Crippen LogP contribution in [0.2, 0.25) is 0 Å². The summed E-state index contributed by atoms with van der Waals surface area (Å²) >= 11 is 1.73. The predicted octanol–water partition coefficient (Wildman–Crippen LogP) is 1.90. The molecule has 5 heteroatoms. The van der Waals surface area contributed by atoms with Gasteiger partial charge in [-0.3, -0.25) is 9.59 Å². The predicted molar refractivity (Wildman–Crippen MR) is 81.8 cm³/mol. The molecule has 1 aliphatic rings. The van der Waals surface area contributed by atoms with Gasteiger partial charge in [-0.25, -0.2) is 0 Å². The molecule has 1 fully saturated rings. The monoisotopic (exact) mass is 292 g/mol. The Morgan fingerprint density at radius 2 is 2.30 bits per heavy atom. The first-order valence-corrected chi connectivity index (χ1v) is 8.23. The summed E-state index contributed by atoms with van der Waals surface area (Å²) in [5, 5.41) is 2.81. The van der Waals surface area contributed by atoms with Crippen molar-refractivity contribution in [2.24, 2.45) is 0 Å². The van der Waals surface area contributed by atoms with E-state index in [1.165, 1.54) is 0 Å². The van der Waals surface area contributed by atoms with Gasteiger partial charge in [0.2, 0.25) is 5.91 Å². The van der Waals surface area contributed by atoms with Crippen LogP contribution in [0.4, 0.5) is 0 Å². The first-order valence-electron chi connectivity index (χ1n) is 6.84. The van der Waals surface area contributed by atoms with Crippen LogP contribution >= 0.6 is 11.8 Å². The van der Waals surface area contributed by atoms with E-state index in [4.69, 9.17) is 0 Å². The van der Waals surface area contributed by atoms with Gasteiger partial charge in [0, 0.05) is 24.4 Å². The Kier molecular flexibility index (Phi) is 5.06. The highest BCUT2D eigenvalue weighted by Gasteiger charge is 2.31. The maximum absolute atomic E-state index is 12.6. The van der Waals surface area contributed by atoms with E-state index in [0.717, 1.165) is 11.3 Å².